The monoisotopic (exact) mass is 443 g/mol. The van der Waals surface area contributed by atoms with Crippen LogP contribution in [0.25, 0.3) is 44.3 Å². The van der Waals surface area contributed by atoms with Crippen LogP contribution in [0.2, 0.25) is 0 Å². The Kier molecular flexibility index (Phi) is 4.78. The summed E-state index contributed by atoms with van der Waals surface area (Å²) in [4.78, 5) is 0. The number of aryl methyl sites for hydroxylation is 4. The molecular weight excluding hydrogens is 416 g/mol. The highest BCUT2D eigenvalue weighted by atomic mass is 16.3. The zero-order chi connectivity index (χ0) is 23.4. The van der Waals surface area contributed by atoms with Gasteiger partial charge in [0, 0.05) is 28.5 Å². The summed E-state index contributed by atoms with van der Waals surface area (Å²) in [6.07, 6.45) is 6.64. The van der Waals surface area contributed by atoms with Crippen molar-refractivity contribution in [2.24, 2.45) is 7.05 Å². The van der Waals surface area contributed by atoms with Gasteiger partial charge in [0.2, 0.25) is 5.69 Å². The molecule has 6 rings (SSSR count). The van der Waals surface area contributed by atoms with Crippen molar-refractivity contribution in [2.45, 2.75) is 39.5 Å². The predicted octanol–water partition coefficient (Wildman–Crippen LogP) is 7.11. The van der Waals surface area contributed by atoms with Gasteiger partial charge in [0.1, 0.15) is 18.2 Å². The number of pyridine rings is 1. The van der Waals surface area contributed by atoms with E-state index in [-0.39, 0.29) is 0 Å². The molecule has 1 aliphatic carbocycles. The van der Waals surface area contributed by atoms with E-state index in [9.17, 15) is 5.26 Å². The Bertz CT molecular complexity index is 1650. The van der Waals surface area contributed by atoms with E-state index in [2.05, 4.69) is 80.2 Å². The highest BCUT2D eigenvalue weighted by molar-refractivity contribution is 6.14. The summed E-state index contributed by atoms with van der Waals surface area (Å²) in [5.41, 5.74) is 11.9. The van der Waals surface area contributed by atoms with Gasteiger partial charge in [-0.3, -0.25) is 0 Å². The first-order valence-corrected chi connectivity index (χ1v) is 12.0. The Balaban J connectivity index is 1.74. The number of hydrogen-bond donors (Lipinski definition) is 0. The minimum atomic E-state index is 0.675. The first-order valence-electron chi connectivity index (χ1n) is 12.0. The van der Waals surface area contributed by atoms with Gasteiger partial charge in [-0.25, -0.2) is 4.57 Å². The topological polar surface area (TPSA) is 40.8 Å². The average molecular weight is 444 g/mol. The fourth-order valence-corrected chi connectivity index (χ4v) is 5.71. The standard InChI is InChI=1S/C31H27N2O/c1-19-16-21-8-4-5-9-23(21)26(17-19)29-22(18-32)12-14-25-24-13-11-20(2)28(30(24)34-31(25)29)27-10-6-7-15-33(27)3/h6-7,10-17H,4-5,8-9H2,1-3H3/q+1. The van der Waals surface area contributed by atoms with Gasteiger partial charge in [-0.2, -0.15) is 5.26 Å². The maximum atomic E-state index is 10.1. The molecule has 0 spiro atoms. The maximum Gasteiger partial charge on any atom is 0.216 e. The van der Waals surface area contributed by atoms with Crippen LogP contribution in [0.3, 0.4) is 0 Å². The molecule has 0 unspecified atom stereocenters. The minimum absolute atomic E-state index is 0.675. The van der Waals surface area contributed by atoms with E-state index in [0.717, 1.165) is 51.6 Å². The number of hydrogen-bond acceptors (Lipinski definition) is 2. The lowest BCUT2D eigenvalue weighted by Crippen LogP contribution is -2.30. The molecule has 0 saturated heterocycles. The smallest absolute Gasteiger partial charge is 0.216 e. The summed E-state index contributed by atoms with van der Waals surface area (Å²) in [5, 5.41) is 12.3. The highest BCUT2D eigenvalue weighted by Crippen LogP contribution is 2.44. The molecule has 0 fully saturated rings. The molecule has 0 radical (unpaired) electrons. The number of nitrogens with zero attached hydrogens (tertiary/aromatic N) is 2. The zero-order valence-corrected chi connectivity index (χ0v) is 19.9. The quantitative estimate of drug-likeness (QED) is 0.273. The van der Waals surface area contributed by atoms with Crippen LogP contribution in [0.15, 0.2) is 65.2 Å². The van der Waals surface area contributed by atoms with Crippen molar-refractivity contribution in [3.8, 4) is 28.5 Å². The molecular formula is C31H27N2O+. The van der Waals surface area contributed by atoms with Gasteiger partial charge in [-0.1, -0.05) is 29.8 Å². The van der Waals surface area contributed by atoms with Gasteiger partial charge in [0.05, 0.1) is 17.2 Å². The summed E-state index contributed by atoms with van der Waals surface area (Å²) in [5.74, 6) is 0. The lowest BCUT2D eigenvalue weighted by atomic mass is 9.83. The Hall–Kier alpha value is -3.90. The molecule has 0 bridgehead atoms. The number of rotatable bonds is 2. The number of aromatic nitrogens is 1. The molecule has 0 N–H and O–H groups in total. The van der Waals surface area contributed by atoms with E-state index >= 15 is 0 Å². The van der Waals surface area contributed by atoms with Crippen molar-refractivity contribution in [1.82, 2.24) is 0 Å². The van der Waals surface area contributed by atoms with Crippen LogP contribution in [0.1, 0.15) is 40.7 Å². The summed E-state index contributed by atoms with van der Waals surface area (Å²) < 4.78 is 8.90. The van der Waals surface area contributed by atoms with E-state index in [1.807, 2.05) is 12.1 Å². The molecule has 0 atom stereocenters. The summed E-state index contributed by atoms with van der Waals surface area (Å²) >= 11 is 0. The Morgan fingerprint density at radius 3 is 2.44 bits per heavy atom. The van der Waals surface area contributed by atoms with Crippen molar-refractivity contribution < 1.29 is 8.98 Å². The molecule has 3 nitrogen and oxygen atoms in total. The Morgan fingerprint density at radius 1 is 0.882 bits per heavy atom. The van der Waals surface area contributed by atoms with Crippen molar-refractivity contribution in [2.75, 3.05) is 0 Å². The van der Waals surface area contributed by atoms with Crippen LogP contribution in [0.4, 0.5) is 0 Å². The third kappa shape index (κ3) is 3.06. The fraction of sp³-hybridized carbons (Fsp3) is 0.226. The van der Waals surface area contributed by atoms with E-state index in [0.29, 0.717) is 5.56 Å². The second-order valence-corrected chi connectivity index (χ2v) is 9.57. The average Bonchev–Trinajstić information content (AvgIpc) is 3.22. The van der Waals surface area contributed by atoms with Crippen molar-refractivity contribution in [3.63, 3.8) is 0 Å². The van der Waals surface area contributed by atoms with Crippen molar-refractivity contribution in [3.05, 3.63) is 88.6 Å². The molecule has 2 aromatic heterocycles. The molecule has 0 amide bonds. The number of nitriles is 1. The molecule has 2 heterocycles. The Morgan fingerprint density at radius 2 is 1.65 bits per heavy atom. The van der Waals surface area contributed by atoms with E-state index in [1.54, 1.807) is 0 Å². The molecule has 5 aromatic rings. The third-order valence-corrected chi connectivity index (χ3v) is 7.33. The van der Waals surface area contributed by atoms with Crippen LogP contribution < -0.4 is 4.57 Å². The second-order valence-electron chi connectivity index (χ2n) is 9.57. The van der Waals surface area contributed by atoms with Crippen LogP contribution in [-0.2, 0) is 19.9 Å². The van der Waals surface area contributed by atoms with Crippen molar-refractivity contribution >= 4 is 21.9 Å². The van der Waals surface area contributed by atoms with Crippen molar-refractivity contribution in [1.29, 1.82) is 5.26 Å². The molecule has 1 aliphatic rings. The van der Waals surface area contributed by atoms with Crippen LogP contribution in [-0.4, -0.2) is 0 Å². The van der Waals surface area contributed by atoms with Crippen LogP contribution >= 0.6 is 0 Å². The van der Waals surface area contributed by atoms with Gasteiger partial charge < -0.3 is 4.42 Å². The minimum Gasteiger partial charge on any atom is -0.454 e. The molecule has 0 saturated carbocycles. The van der Waals surface area contributed by atoms with Gasteiger partial charge in [-0.05, 0) is 80.0 Å². The number of benzene rings is 3. The lowest BCUT2D eigenvalue weighted by molar-refractivity contribution is -0.660. The van der Waals surface area contributed by atoms with Gasteiger partial charge in [-0.15, -0.1) is 0 Å². The molecule has 3 aromatic carbocycles. The third-order valence-electron chi connectivity index (χ3n) is 7.33. The molecule has 0 aliphatic heterocycles. The number of furan rings is 1. The first kappa shape index (κ1) is 20.7. The fourth-order valence-electron chi connectivity index (χ4n) is 5.71. The summed E-state index contributed by atoms with van der Waals surface area (Å²) in [6, 6.07) is 21.6. The zero-order valence-electron chi connectivity index (χ0n) is 19.9. The van der Waals surface area contributed by atoms with Crippen LogP contribution in [0.5, 0.6) is 0 Å². The maximum absolute atomic E-state index is 10.1. The normalized spacial score (nSPS) is 13.2. The van der Waals surface area contributed by atoms with E-state index < -0.39 is 0 Å². The number of fused-ring (bicyclic) bond motifs is 4. The molecule has 34 heavy (non-hydrogen) atoms. The largest absolute Gasteiger partial charge is 0.454 e. The van der Waals surface area contributed by atoms with E-state index in [4.69, 9.17) is 4.42 Å². The van der Waals surface area contributed by atoms with Gasteiger partial charge >= 0.3 is 0 Å². The van der Waals surface area contributed by atoms with Crippen LogP contribution in [0, 0.1) is 25.2 Å². The predicted molar refractivity (Wildman–Crippen MR) is 137 cm³/mol. The van der Waals surface area contributed by atoms with Gasteiger partial charge in [0.15, 0.2) is 6.20 Å². The first-order chi connectivity index (χ1) is 16.6. The Labute approximate surface area is 199 Å². The second kappa shape index (κ2) is 7.85. The molecule has 3 heteroatoms. The molecule has 166 valence electrons. The highest BCUT2D eigenvalue weighted by Gasteiger charge is 2.25. The van der Waals surface area contributed by atoms with E-state index in [1.165, 1.54) is 40.7 Å². The summed E-state index contributed by atoms with van der Waals surface area (Å²) in [7, 11) is 2.06. The SMILES string of the molecule is Cc1cc2c(c(-c3c(C#N)ccc4c3oc3c(-c5cccc[n+]5C)c(C)ccc34)c1)CCCC2. The summed E-state index contributed by atoms with van der Waals surface area (Å²) in [6.45, 7) is 4.29. The van der Waals surface area contributed by atoms with Gasteiger partial charge in [0.25, 0.3) is 0 Å². The lowest BCUT2D eigenvalue weighted by Gasteiger charge is -2.21.